The number of nitro groups is 1. The highest BCUT2D eigenvalue weighted by Gasteiger charge is 2.25. The average Bonchev–Trinajstić information content (AvgIpc) is 3.58. The zero-order chi connectivity index (χ0) is 32.5. The van der Waals surface area contributed by atoms with Crippen molar-refractivity contribution in [2.45, 2.75) is 22.4 Å². The van der Waals surface area contributed by atoms with E-state index in [1.807, 2.05) is 35.1 Å². The van der Waals surface area contributed by atoms with Crippen LogP contribution in [0.4, 0.5) is 15.8 Å². The number of benzene rings is 4. The summed E-state index contributed by atoms with van der Waals surface area (Å²) in [5.74, 6) is -0.191. The van der Waals surface area contributed by atoms with Gasteiger partial charge in [0.15, 0.2) is 0 Å². The fourth-order valence-corrected chi connectivity index (χ4v) is 6.33. The lowest BCUT2D eigenvalue weighted by molar-refractivity contribution is -0.384. The molecule has 1 heterocycles. The highest BCUT2D eigenvalue weighted by molar-refractivity contribution is 7.99. The molecule has 0 spiro atoms. The molecule has 0 saturated heterocycles. The van der Waals surface area contributed by atoms with Crippen molar-refractivity contribution in [1.29, 1.82) is 0 Å². The molecule has 0 saturated carbocycles. The van der Waals surface area contributed by atoms with Crippen molar-refractivity contribution in [3.05, 3.63) is 143 Å². The van der Waals surface area contributed by atoms with E-state index in [1.54, 1.807) is 36.4 Å². The van der Waals surface area contributed by atoms with Crippen LogP contribution in [-0.4, -0.2) is 37.6 Å². The molecule has 0 aliphatic rings. The number of rotatable bonds is 14. The van der Waals surface area contributed by atoms with E-state index in [-0.39, 0.29) is 30.3 Å². The van der Waals surface area contributed by atoms with Gasteiger partial charge in [0, 0.05) is 22.3 Å². The van der Waals surface area contributed by atoms with Crippen LogP contribution in [0.1, 0.15) is 16.1 Å². The van der Waals surface area contributed by atoms with Gasteiger partial charge in [-0.2, -0.15) is 0 Å². The van der Waals surface area contributed by atoms with E-state index < -0.39 is 37.5 Å². The Bertz CT molecular complexity index is 1890. The van der Waals surface area contributed by atoms with Crippen LogP contribution in [0.5, 0.6) is 0 Å². The molecule has 46 heavy (non-hydrogen) atoms. The Hall–Kier alpha value is -4.98. The lowest BCUT2D eigenvalue weighted by Gasteiger charge is -2.20. The Labute approximate surface area is 268 Å². The van der Waals surface area contributed by atoms with Crippen LogP contribution in [0.2, 0.25) is 0 Å². The molecule has 1 atom stereocenters. The normalized spacial score (nSPS) is 11.9. The molecule has 1 amide bonds. The van der Waals surface area contributed by atoms with Crippen molar-refractivity contribution in [3.8, 4) is 11.1 Å². The first-order chi connectivity index (χ1) is 22.2. The molecule has 0 aliphatic carbocycles. The quantitative estimate of drug-likeness (QED) is 0.0738. The third-order valence-electron chi connectivity index (χ3n) is 6.73. The number of carbonyl (C=O) groups excluding carboxylic acids is 1. The van der Waals surface area contributed by atoms with Gasteiger partial charge in [0.2, 0.25) is 0 Å². The molecule has 10 nitrogen and oxygen atoms in total. The summed E-state index contributed by atoms with van der Waals surface area (Å²) >= 11 is 1.53. The summed E-state index contributed by atoms with van der Waals surface area (Å²) in [6, 6.07) is 27.9. The summed E-state index contributed by atoms with van der Waals surface area (Å²) in [6.45, 7) is 0.378. The van der Waals surface area contributed by atoms with Crippen LogP contribution in [0.3, 0.4) is 0 Å². The lowest BCUT2D eigenvalue weighted by atomic mass is 10.0. The van der Waals surface area contributed by atoms with Crippen molar-refractivity contribution < 1.29 is 31.7 Å². The Balaban J connectivity index is 1.30. The third-order valence-corrected chi connectivity index (χ3v) is 9.23. The van der Waals surface area contributed by atoms with Crippen LogP contribution in [0.15, 0.2) is 130 Å². The van der Waals surface area contributed by atoms with Crippen LogP contribution in [-0.2, 0) is 21.4 Å². The Kier molecular flexibility index (Phi) is 10.5. The molecule has 2 N–H and O–H groups in total. The largest absolute Gasteiger partial charge is 0.467 e. The highest BCUT2D eigenvalue weighted by Crippen LogP contribution is 2.30. The smallest absolute Gasteiger partial charge is 0.293 e. The van der Waals surface area contributed by atoms with Crippen LogP contribution in [0.25, 0.3) is 11.1 Å². The number of thioether (sulfide) groups is 1. The molecule has 0 fully saturated rings. The van der Waals surface area contributed by atoms with E-state index in [2.05, 4.69) is 5.32 Å². The second kappa shape index (κ2) is 14.9. The molecule has 5 rings (SSSR count). The molecular formula is C33H28FN3O7S2. The first-order valence-corrected chi connectivity index (χ1v) is 16.4. The van der Waals surface area contributed by atoms with Gasteiger partial charge in [0.25, 0.3) is 21.6 Å². The minimum absolute atomic E-state index is 0.0514. The zero-order valence-electron chi connectivity index (χ0n) is 24.2. The van der Waals surface area contributed by atoms with Crippen molar-refractivity contribution in [2.75, 3.05) is 17.7 Å². The van der Waals surface area contributed by atoms with Gasteiger partial charge in [-0.3, -0.25) is 14.9 Å². The molecule has 13 heteroatoms. The van der Waals surface area contributed by atoms with Crippen LogP contribution >= 0.6 is 11.8 Å². The number of nitrogens with zero attached hydrogens (tertiary/aromatic N) is 1. The van der Waals surface area contributed by atoms with Gasteiger partial charge in [-0.25, -0.2) is 17.5 Å². The summed E-state index contributed by atoms with van der Waals surface area (Å²) < 4.78 is 52.5. The second-order valence-electron chi connectivity index (χ2n) is 10.0. The monoisotopic (exact) mass is 661 g/mol. The minimum atomic E-state index is -4.47. The van der Waals surface area contributed by atoms with E-state index in [9.17, 15) is 27.7 Å². The van der Waals surface area contributed by atoms with Crippen molar-refractivity contribution in [2.24, 2.45) is 0 Å². The minimum Gasteiger partial charge on any atom is -0.467 e. The first kappa shape index (κ1) is 32.4. The maximum absolute atomic E-state index is 13.2. The number of carbonyl (C=O) groups is 1. The molecule has 5 aromatic rings. The standard InChI is InChI=1S/C33H28FN3O7S2/c34-26-14-12-24(13-15-26)23-8-10-25(11-9-23)33(38)36-46(41,42)30-16-17-31(32(19-30)37(39)40)35-27(20-43-21-28-5-4-18-44-28)22-45-29-6-2-1-3-7-29/h1-19,27,35H,20-22H2,(H,36,38). The topological polar surface area (TPSA) is 141 Å². The highest BCUT2D eigenvalue weighted by atomic mass is 32.2. The SMILES string of the molecule is O=C(NS(=O)(=O)c1ccc(NC(COCc2ccco2)CSc2ccccc2)c([N+](=O)[O-])c1)c1ccc(-c2ccc(F)cc2)cc1. The van der Waals surface area contributed by atoms with E-state index >= 15 is 0 Å². The fraction of sp³-hybridized carbons (Fsp3) is 0.121. The summed E-state index contributed by atoms with van der Waals surface area (Å²) in [5.41, 5.74) is 1.07. The van der Waals surface area contributed by atoms with Gasteiger partial charge in [0.05, 0.1) is 28.7 Å². The molecule has 1 aromatic heterocycles. The van der Waals surface area contributed by atoms with E-state index in [0.717, 1.165) is 11.0 Å². The number of nitro benzene ring substituents is 1. The summed E-state index contributed by atoms with van der Waals surface area (Å²) in [6.07, 6.45) is 1.53. The Morgan fingerprint density at radius 1 is 0.935 bits per heavy atom. The molecule has 1 unspecified atom stereocenters. The molecule has 4 aromatic carbocycles. The zero-order valence-corrected chi connectivity index (χ0v) is 25.8. The van der Waals surface area contributed by atoms with E-state index in [4.69, 9.17) is 9.15 Å². The number of anilines is 1. The van der Waals surface area contributed by atoms with Gasteiger partial charge < -0.3 is 14.5 Å². The van der Waals surface area contributed by atoms with Gasteiger partial charge >= 0.3 is 0 Å². The predicted octanol–water partition coefficient (Wildman–Crippen LogP) is 6.90. The average molecular weight is 662 g/mol. The number of nitrogens with one attached hydrogen (secondary N) is 2. The molecular weight excluding hydrogens is 634 g/mol. The van der Waals surface area contributed by atoms with Crippen LogP contribution < -0.4 is 10.0 Å². The number of sulfonamides is 1. The van der Waals surface area contributed by atoms with Crippen LogP contribution in [0, 0.1) is 15.9 Å². The second-order valence-corrected chi connectivity index (χ2v) is 12.8. The van der Waals surface area contributed by atoms with E-state index in [0.29, 0.717) is 22.6 Å². The Morgan fingerprint density at radius 3 is 2.28 bits per heavy atom. The predicted molar refractivity (Wildman–Crippen MR) is 173 cm³/mol. The number of ether oxygens (including phenoxy) is 1. The molecule has 0 bridgehead atoms. The van der Waals surface area contributed by atoms with Crippen molar-refractivity contribution in [3.63, 3.8) is 0 Å². The maximum Gasteiger partial charge on any atom is 0.293 e. The van der Waals surface area contributed by atoms with Crippen molar-refractivity contribution in [1.82, 2.24) is 4.72 Å². The van der Waals surface area contributed by atoms with Gasteiger partial charge in [-0.05, 0) is 71.8 Å². The summed E-state index contributed by atoms with van der Waals surface area (Å²) in [5, 5.41) is 15.2. The summed E-state index contributed by atoms with van der Waals surface area (Å²) in [4.78, 5) is 24.7. The van der Waals surface area contributed by atoms with E-state index in [1.165, 1.54) is 54.4 Å². The number of hydrogen-bond donors (Lipinski definition) is 2. The Morgan fingerprint density at radius 2 is 1.63 bits per heavy atom. The molecule has 0 radical (unpaired) electrons. The first-order valence-electron chi connectivity index (χ1n) is 13.9. The number of furan rings is 1. The number of hydrogen-bond acceptors (Lipinski definition) is 9. The van der Waals surface area contributed by atoms with Gasteiger partial charge in [-0.15, -0.1) is 11.8 Å². The summed E-state index contributed by atoms with van der Waals surface area (Å²) in [7, 11) is -4.47. The van der Waals surface area contributed by atoms with Gasteiger partial charge in [-0.1, -0.05) is 42.5 Å². The molecule has 236 valence electrons. The van der Waals surface area contributed by atoms with Crippen molar-refractivity contribution >= 4 is 39.1 Å². The van der Waals surface area contributed by atoms with Gasteiger partial charge in [0.1, 0.15) is 23.9 Å². The number of amides is 1. The molecule has 0 aliphatic heterocycles. The third kappa shape index (κ3) is 8.59. The number of halogens is 1. The fourth-order valence-electron chi connectivity index (χ4n) is 4.41. The lowest BCUT2D eigenvalue weighted by Crippen LogP contribution is -2.31. The maximum atomic E-state index is 13.2.